The van der Waals surface area contributed by atoms with E-state index < -0.39 is 31.9 Å². The first-order valence-electron chi connectivity index (χ1n) is 8.69. The summed E-state index contributed by atoms with van der Waals surface area (Å²) in [4.78, 5) is 24.3. The molecule has 1 aliphatic rings. The van der Waals surface area contributed by atoms with E-state index in [1.54, 1.807) is 12.1 Å². The van der Waals surface area contributed by atoms with Crippen molar-refractivity contribution in [1.82, 2.24) is 0 Å². The van der Waals surface area contributed by atoms with Crippen molar-refractivity contribution in [2.24, 2.45) is 5.92 Å². The molecule has 1 heterocycles. The summed E-state index contributed by atoms with van der Waals surface area (Å²) in [6.07, 6.45) is 0.840. The van der Waals surface area contributed by atoms with Crippen LogP contribution in [0.1, 0.15) is 6.42 Å². The number of anilines is 3. The molecule has 1 unspecified atom stereocenters. The zero-order valence-electron chi connectivity index (χ0n) is 15.8. The topological polar surface area (TPSA) is 150 Å². The Balaban J connectivity index is 1.82. The summed E-state index contributed by atoms with van der Waals surface area (Å²) in [5.74, 6) is -2.21. The molecule has 3 N–H and O–H groups in total. The third kappa shape index (κ3) is 4.89. The summed E-state index contributed by atoms with van der Waals surface area (Å²) in [5.41, 5.74) is 0.510. The lowest BCUT2D eigenvalue weighted by molar-refractivity contribution is -0.141. The Morgan fingerprint density at radius 2 is 1.57 bits per heavy atom. The van der Waals surface area contributed by atoms with Crippen LogP contribution in [0.5, 0.6) is 0 Å². The van der Waals surface area contributed by atoms with Gasteiger partial charge in [0.2, 0.25) is 15.9 Å². The molecule has 2 aromatic carbocycles. The van der Waals surface area contributed by atoms with Crippen molar-refractivity contribution in [3.8, 4) is 0 Å². The van der Waals surface area contributed by atoms with Crippen LogP contribution in [0.25, 0.3) is 0 Å². The van der Waals surface area contributed by atoms with Crippen LogP contribution < -0.4 is 14.3 Å². The monoisotopic (exact) mass is 453 g/mol. The molecule has 0 bridgehead atoms. The van der Waals surface area contributed by atoms with Gasteiger partial charge in [-0.15, -0.1) is 0 Å². The highest BCUT2D eigenvalue weighted by Gasteiger charge is 2.35. The van der Waals surface area contributed by atoms with Gasteiger partial charge in [0.05, 0.1) is 28.4 Å². The lowest BCUT2D eigenvalue weighted by Crippen LogP contribution is -2.25. The number of rotatable bonds is 7. The number of para-hydroxylation sites is 2. The number of carboxylic acids is 1. The summed E-state index contributed by atoms with van der Waals surface area (Å²) in [6, 6.07) is 11.3. The van der Waals surface area contributed by atoms with Crippen molar-refractivity contribution in [2.45, 2.75) is 11.3 Å². The fourth-order valence-corrected chi connectivity index (χ4v) is 4.65. The van der Waals surface area contributed by atoms with E-state index in [1.807, 2.05) is 0 Å². The van der Waals surface area contributed by atoms with Crippen LogP contribution in [0.3, 0.4) is 0 Å². The maximum Gasteiger partial charge on any atom is 0.308 e. The number of amides is 1. The lowest BCUT2D eigenvalue weighted by atomic mass is 10.1. The average Bonchev–Trinajstić information content (AvgIpc) is 3.04. The molecular weight excluding hydrogens is 434 g/mol. The van der Waals surface area contributed by atoms with Crippen LogP contribution in [0.4, 0.5) is 17.1 Å². The zero-order valence-corrected chi connectivity index (χ0v) is 17.4. The highest BCUT2D eigenvalue weighted by molar-refractivity contribution is 7.93. The van der Waals surface area contributed by atoms with Crippen LogP contribution in [-0.4, -0.2) is 46.6 Å². The van der Waals surface area contributed by atoms with Crippen LogP contribution in [-0.2, 0) is 29.6 Å². The molecule has 0 spiro atoms. The number of aliphatic carboxylic acids is 1. The van der Waals surface area contributed by atoms with Crippen molar-refractivity contribution >= 4 is 49.0 Å². The molecule has 1 amide bonds. The Morgan fingerprint density at radius 3 is 2.07 bits per heavy atom. The number of carboxylic acid groups (broad SMARTS) is 1. The van der Waals surface area contributed by atoms with Crippen molar-refractivity contribution in [2.75, 3.05) is 27.1 Å². The number of nitrogens with one attached hydrogen (secondary N) is 2. The lowest BCUT2D eigenvalue weighted by Gasteiger charge is -2.17. The minimum absolute atomic E-state index is 0.0169. The molecule has 3 rings (SSSR count). The molecule has 30 heavy (non-hydrogen) atoms. The largest absolute Gasteiger partial charge is 0.481 e. The van der Waals surface area contributed by atoms with Crippen LogP contribution >= 0.6 is 0 Å². The highest BCUT2D eigenvalue weighted by Crippen LogP contribution is 2.28. The number of hydrogen-bond donors (Lipinski definition) is 3. The van der Waals surface area contributed by atoms with Gasteiger partial charge in [-0.1, -0.05) is 12.1 Å². The minimum atomic E-state index is -4.05. The summed E-state index contributed by atoms with van der Waals surface area (Å²) in [5, 5.41) is 9.07. The standard InChI is InChI=1S/C18H19N3O7S2/c1-29(25,26)19-15-4-2-3-5-16(15)20-30(27,28)14-8-6-13(7-9-14)21-11-12(18(23)24)10-17(21)22/h2-9,12,19-20H,10-11H2,1H3,(H,23,24). The molecule has 160 valence electrons. The predicted octanol–water partition coefficient (Wildman–Crippen LogP) is 1.30. The van der Waals surface area contributed by atoms with Gasteiger partial charge in [0.1, 0.15) is 0 Å². The number of carbonyl (C=O) groups excluding carboxylic acids is 1. The molecule has 0 aromatic heterocycles. The summed E-state index contributed by atoms with van der Waals surface area (Å²) in [6.45, 7) is 0.0169. The SMILES string of the molecule is CS(=O)(=O)Nc1ccccc1NS(=O)(=O)c1ccc(N2CC(C(=O)O)CC2=O)cc1. The third-order valence-electron chi connectivity index (χ3n) is 4.40. The number of carbonyl (C=O) groups is 2. The molecule has 0 radical (unpaired) electrons. The van der Waals surface area contributed by atoms with Crippen LogP contribution in [0.2, 0.25) is 0 Å². The van der Waals surface area contributed by atoms with Crippen LogP contribution in [0.15, 0.2) is 53.4 Å². The van der Waals surface area contributed by atoms with Gasteiger partial charge in [0, 0.05) is 18.7 Å². The molecule has 2 aromatic rings. The van der Waals surface area contributed by atoms with E-state index in [2.05, 4.69) is 9.44 Å². The maximum absolute atomic E-state index is 12.7. The van der Waals surface area contributed by atoms with E-state index in [0.717, 1.165) is 6.26 Å². The van der Waals surface area contributed by atoms with Gasteiger partial charge in [0.15, 0.2) is 0 Å². The third-order valence-corrected chi connectivity index (χ3v) is 6.37. The minimum Gasteiger partial charge on any atom is -0.481 e. The maximum atomic E-state index is 12.7. The Bertz CT molecular complexity index is 1190. The summed E-state index contributed by atoms with van der Waals surface area (Å²) < 4.78 is 53.0. The Hall–Kier alpha value is -3.12. The molecule has 10 nitrogen and oxygen atoms in total. The van der Waals surface area contributed by atoms with Gasteiger partial charge in [-0.2, -0.15) is 0 Å². The van der Waals surface area contributed by atoms with Gasteiger partial charge >= 0.3 is 5.97 Å². The van der Waals surface area contributed by atoms with Crippen molar-refractivity contribution in [1.29, 1.82) is 0 Å². The fourth-order valence-electron chi connectivity index (χ4n) is 2.99. The fraction of sp³-hybridized carbons (Fsp3) is 0.222. The molecule has 0 aliphatic carbocycles. The van der Waals surface area contributed by atoms with E-state index in [9.17, 15) is 26.4 Å². The molecule has 1 aliphatic heterocycles. The number of hydrogen-bond acceptors (Lipinski definition) is 6. The second-order valence-electron chi connectivity index (χ2n) is 6.76. The smallest absolute Gasteiger partial charge is 0.308 e. The van der Waals surface area contributed by atoms with E-state index in [1.165, 1.54) is 41.3 Å². The number of benzene rings is 2. The molecule has 0 saturated carbocycles. The predicted molar refractivity (Wildman–Crippen MR) is 110 cm³/mol. The van der Waals surface area contributed by atoms with Gasteiger partial charge in [-0.3, -0.25) is 19.0 Å². The number of sulfonamides is 2. The summed E-state index contributed by atoms with van der Waals surface area (Å²) in [7, 11) is -7.67. The number of nitrogens with zero attached hydrogens (tertiary/aromatic N) is 1. The molecular formula is C18H19N3O7S2. The Kier molecular flexibility index (Phi) is 5.72. The van der Waals surface area contributed by atoms with E-state index >= 15 is 0 Å². The van der Waals surface area contributed by atoms with Crippen molar-refractivity contribution < 1.29 is 31.5 Å². The van der Waals surface area contributed by atoms with E-state index in [4.69, 9.17) is 5.11 Å². The van der Waals surface area contributed by atoms with Crippen molar-refractivity contribution in [3.05, 3.63) is 48.5 Å². The first kappa shape index (κ1) is 21.6. The summed E-state index contributed by atoms with van der Waals surface area (Å²) >= 11 is 0. The highest BCUT2D eigenvalue weighted by atomic mass is 32.2. The average molecular weight is 453 g/mol. The molecule has 1 fully saturated rings. The van der Waals surface area contributed by atoms with Gasteiger partial charge < -0.3 is 10.0 Å². The molecule has 1 saturated heterocycles. The quantitative estimate of drug-likeness (QED) is 0.572. The van der Waals surface area contributed by atoms with E-state index in [-0.39, 0.29) is 35.1 Å². The zero-order chi connectivity index (χ0) is 22.1. The molecule has 1 atom stereocenters. The van der Waals surface area contributed by atoms with Gasteiger partial charge in [-0.25, -0.2) is 16.8 Å². The van der Waals surface area contributed by atoms with Crippen molar-refractivity contribution in [3.63, 3.8) is 0 Å². The van der Waals surface area contributed by atoms with Crippen LogP contribution in [0, 0.1) is 5.92 Å². The second-order valence-corrected chi connectivity index (χ2v) is 10.2. The van der Waals surface area contributed by atoms with Gasteiger partial charge in [-0.05, 0) is 36.4 Å². The Morgan fingerprint density at radius 1 is 1.00 bits per heavy atom. The second kappa shape index (κ2) is 7.95. The Labute approximate surface area is 173 Å². The van der Waals surface area contributed by atoms with E-state index in [0.29, 0.717) is 5.69 Å². The normalized spacial score (nSPS) is 17.0. The van der Waals surface area contributed by atoms with Gasteiger partial charge in [0.25, 0.3) is 10.0 Å². The molecule has 12 heteroatoms. The first-order valence-corrected chi connectivity index (χ1v) is 12.1. The first-order chi connectivity index (χ1) is 14.0.